The van der Waals surface area contributed by atoms with Crippen molar-refractivity contribution in [3.05, 3.63) is 34.6 Å². The Balaban J connectivity index is 2.36. The van der Waals surface area contributed by atoms with Gasteiger partial charge in [0.25, 0.3) is 0 Å². The van der Waals surface area contributed by atoms with Gasteiger partial charge in [-0.1, -0.05) is 17.7 Å². The number of hydrogen-bond donors (Lipinski definition) is 0. The molecule has 0 unspecified atom stereocenters. The minimum atomic E-state index is -0.448. The van der Waals surface area contributed by atoms with E-state index >= 15 is 0 Å². The van der Waals surface area contributed by atoms with Gasteiger partial charge in [-0.05, 0) is 12.1 Å². The standard InChI is InChI=1S/C13H16ClFO3/c1-17-7-8-18-6-5-10(16)9-11-12(14)3-2-4-13(11)15/h2-4H,5-9H2,1H3. The van der Waals surface area contributed by atoms with Gasteiger partial charge in [-0.15, -0.1) is 0 Å². The molecular weight excluding hydrogens is 259 g/mol. The van der Waals surface area contributed by atoms with Crippen molar-refractivity contribution in [3.63, 3.8) is 0 Å². The van der Waals surface area contributed by atoms with Gasteiger partial charge in [0.05, 0.1) is 19.8 Å². The predicted molar refractivity (Wildman–Crippen MR) is 67.4 cm³/mol. The summed E-state index contributed by atoms with van der Waals surface area (Å²) in [5.74, 6) is -0.546. The lowest BCUT2D eigenvalue weighted by molar-refractivity contribution is -0.119. The summed E-state index contributed by atoms with van der Waals surface area (Å²) in [6.07, 6.45) is 0.244. The number of benzene rings is 1. The van der Waals surface area contributed by atoms with Crippen molar-refractivity contribution in [1.82, 2.24) is 0 Å². The number of halogens is 2. The molecule has 3 nitrogen and oxygen atoms in total. The van der Waals surface area contributed by atoms with Crippen LogP contribution in [0.5, 0.6) is 0 Å². The first-order valence-corrected chi connectivity index (χ1v) is 6.04. The highest BCUT2D eigenvalue weighted by molar-refractivity contribution is 6.31. The summed E-state index contributed by atoms with van der Waals surface area (Å²) in [6, 6.07) is 4.38. The van der Waals surface area contributed by atoms with Crippen LogP contribution in [0.3, 0.4) is 0 Å². The van der Waals surface area contributed by atoms with E-state index in [4.69, 9.17) is 21.1 Å². The molecule has 0 fully saturated rings. The van der Waals surface area contributed by atoms with E-state index in [1.54, 1.807) is 13.2 Å². The lowest BCUT2D eigenvalue weighted by Crippen LogP contribution is -2.10. The van der Waals surface area contributed by atoms with Crippen molar-refractivity contribution < 1.29 is 18.7 Å². The minimum Gasteiger partial charge on any atom is -0.382 e. The summed E-state index contributed by atoms with van der Waals surface area (Å²) in [6.45, 7) is 1.26. The Labute approximate surface area is 111 Å². The molecule has 1 aromatic carbocycles. The van der Waals surface area contributed by atoms with E-state index in [9.17, 15) is 9.18 Å². The molecular formula is C13H16ClFO3. The number of methoxy groups -OCH3 is 1. The SMILES string of the molecule is COCCOCCC(=O)Cc1c(F)cccc1Cl. The molecule has 1 rings (SSSR count). The van der Waals surface area contributed by atoms with Crippen molar-refractivity contribution in [2.75, 3.05) is 26.9 Å². The van der Waals surface area contributed by atoms with Crippen LogP contribution >= 0.6 is 11.6 Å². The molecule has 100 valence electrons. The van der Waals surface area contributed by atoms with Crippen LogP contribution in [0.2, 0.25) is 5.02 Å². The Hall–Kier alpha value is -0.970. The largest absolute Gasteiger partial charge is 0.382 e. The summed E-state index contributed by atoms with van der Waals surface area (Å²) in [4.78, 5) is 11.6. The average Bonchev–Trinajstić information content (AvgIpc) is 2.34. The molecule has 0 heterocycles. The molecule has 0 aliphatic heterocycles. The predicted octanol–water partition coefficient (Wildman–Crippen LogP) is 2.64. The molecule has 0 saturated carbocycles. The summed E-state index contributed by atoms with van der Waals surface area (Å²) < 4.78 is 23.4. The number of hydrogen-bond acceptors (Lipinski definition) is 3. The monoisotopic (exact) mass is 274 g/mol. The molecule has 0 atom stereocenters. The molecule has 0 N–H and O–H groups in total. The molecule has 5 heteroatoms. The normalized spacial score (nSPS) is 10.6. The van der Waals surface area contributed by atoms with Crippen LogP contribution in [-0.4, -0.2) is 32.7 Å². The molecule has 0 radical (unpaired) electrons. The Morgan fingerprint density at radius 3 is 2.78 bits per heavy atom. The summed E-state index contributed by atoms with van der Waals surface area (Å²) >= 11 is 5.84. The molecule has 1 aromatic rings. The summed E-state index contributed by atoms with van der Waals surface area (Å²) in [5.41, 5.74) is 0.251. The first-order valence-electron chi connectivity index (χ1n) is 5.66. The van der Waals surface area contributed by atoms with Crippen LogP contribution in [0.1, 0.15) is 12.0 Å². The second-order valence-corrected chi connectivity index (χ2v) is 4.18. The maximum absolute atomic E-state index is 13.4. The van der Waals surface area contributed by atoms with Crippen LogP contribution in [0.15, 0.2) is 18.2 Å². The second kappa shape index (κ2) is 8.19. The van der Waals surface area contributed by atoms with Crippen LogP contribution < -0.4 is 0 Å². The lowest BCUT2D eigenvalue weighted by atomic mass is 10.1. The van der Waals surface area contributed by atoms with Gasteiger partial charge in [0.15, 0.2) is 0 Å². The van der Waals surface area contributed by atoms with E-state index in [1.165, 1.54) is 12.1 Å². The van der Waals surface area contributed by atoms with Crippen molar-refractivity contribution in [2.45, 2.75) is 12.8 Å². The van der Waals surface area contributed by atoms with Crippen molar-refractivity contribution in [3.8, 4) is 0 Å². The maximum Gasteiger partial charge on any atom is 0.139 e. The molecule has 0 aliphatic rings. The molecule has 0 aliphatic carbocycles. The van der Waals surface area contributed by atoms with E-state index in [1.807, 2.05) is 0 Å². The fourth-order valence-corrected chi connectivity index (χ4v) is 1.65. The number of Topliss-reactive ketones (excluding diaryl/α,β-unsaturated/α-hetero) is 1. The zero-order valence-electron chi connectivity index (χ0n) is 10.2. The number of carbonyl (C=O) groups excluding carboxylic acids is 1. The Kier molecular flexibility index (Phi) is 6.86. The summed E-state index contributed by atoms with van der Waals surface area (Å²) in [7, 11) is 1.58. The van der Waals surface area contributed by atoms with Gasteiger partial charge in [-0.3, -0.25) is 4.79 Å². The Morgan fingerprint density at radius 2 is 2.11 bits per heavy atom. The summed E-state index contributed by atoms with van der Waals surface area (Å²) in [5, 5.41) is 0.281. The highest BCUT2D eigenvalue weighted by atomic mass is 35.5. The fraction of sp³-hybridized carbons (Fsp3) is 0.462. The molecule has 0 spiro atoms. The molecule has 0 bridgehead atoms. The van der Waals surface area contributed by atoms with Crippen molar-refractivity contribution in [1.29, 1.82) is 0 Å². The lowest BCUT2D eigenvalue weighted by Gasteiger charge is -2.06. The fourth-order valence-electron chi connectivity index (χ4n) is 1.42. The highest BCUT2D eigenvalue weighted by Gasteiger charge is 2.11. The van der Waals surface area contributed by atoms with Crippen LogP contribution in [0.4, 0.5) is 4.39 Å². The third-order valence-corrected chi connectivity index (χ3v) is 2.75. The van der Waals surface area contributed by atoms with Gasteiger partial charge in [-0.2, -0.15) is 0 Å². The number of ketones is 1. The third kappa shape index (κ3) is 5.12. The van der Waals surface area contributed by atoms with Gasteiger partial charge < -0.3 is 9.47 Å². The van der Waals surface area contributed by atoms with Gasteiger partial charge >= 0.3 is 0 Å². The quantitative estimate of drug-likeness (QED) is 0.684. The topological polar surface area (TPSA) is 35.5 Å². The Bertz CT molecular complexity index is 376. The average molecular weight is 275 g/mol. The molecule has 0 aromatic heterocycles. The van der Waals surface area contributed by atoms with Crippen LogP contribution in [-0.2, 0) is 20.7 Å². The van der Waals surface area contributed by atoms with Crippen LogP contribution in [0, 0.1) is 5.82 Å². The Morgan fingerprint density at radius 1 is 1.33 bits per heavy atom. The zero-order valence-corrected chi connectivity index (χ0v) is 11.0. The first kappa shape index (κ1) is 15.1. The maximum atomic E-state index is 13.4. The number of ether oxygens (including phenoxy) is 2. The van der Waals surface area contributed by atoms with Crippen LogP contribution in [0.25, 0.3) is 0 Å². The number of carbonyl (C=O) groups is 1. The van der Waals surface area contributed by atoms with E-state index in [2.05, 4.69) is 0 Å². The van der Waals surface area contributed by atoms with Gasteiger partial charge in [0.1, 0.15) is 11.6 Å². The molecule has 0 saturated heterocycles. The van der Waals surface area contributed by atoms with Gasteiger partial charge in [-0.25, -0.2) is 4.39 Å². The minimum absolute atomic E-state index is 0.000849. The van der Waals surface area contributed by atoms with Gasteiger partial charge in [0.2, 0.25) is 0 Å². The van der Waals surface area contributed by atoms with E-state index in [0.717, 1.165) is 0 Å². The molecule has 0 amide bonds. The van der Waals surface area contributed by atoms with Crippen molar-refractivity contribution >= 4 is 17.4 Å². The third-order valence-electron chi connectivity index (χ3n) is 2.39. The van der Waals surface area contributed by atoms with Gasteiger partial charge in [0, 0.05) is 30.5 Å². The van der Waals surface area contributed by atoms with E-state index < -0.39 is 5.82 Å². The molecule has 18 heavy (non-hydrogen) atoms. The van der Waals surface area contributed by atoms with Crippen molar-refractivity contribution in [2.24, 2.45) is 0 Å². The number of rotatable bonds is 8. The zero-order chi connectivity index (χ0) is 13.4. The second-order valence-electron chi connectivity index (χ2n) is 3.77. The first-order chi connectivity index (χ1) is 8.65. The van der Waals surface area contributed by atoms with E-state index in [-0.39, 0.29) is 29.2 Å². The van der Waals surface area contributed by atoms with E-state index in [0.29, 0.717) is 19.8 Å². The highest BCUT2D eigenvalue weighted by Crippen LogP contribution is 2.19. The smallest absolute Gasteiger partial charge is 0.139 e.